The fraction of sp³-hybridized carbons (Fsp3) is 0.188. The number of rotatable bonds is 3. The van der Waals surface area contributed by atoms with E-state index in [-0.39, 0.29) is 12.5 Å². The van der Waals surface area contributed by atoms with E-state index in [1.165, 1.54) is 0 Å². The molecule has 0 aliphatic rings. The molecule has 0 aliphatic heterocycles. The highest BCUT2D eigenvalue weighted by molar-refractivity contribution is 5.85. The van der Waals surface area contributed by atoms with Crippen LogP contribution in [0.1, 0.15) is 5.56 Å². The average Bonchev–Trinajstić information content (AvgIpc) is 2.50. The summed E-state index contributed by atoms with van der Waals surface area (Å²) in [5, 5.41) is 4.80. The molecule has 0 aromatic heterocycles. The molecule has 0 aliphatic carbocycles. The number of nitrogens with one attached hydrogen (secondary N) is 1. The van der Waals surface area contributed by atoms with Crippen molar-refractivity contribution >= 4 is 16.7 Å². The maximum Gasteiger partial charge on any atom is 0.234 e. The number of hydrogen-bond acceptors (Lipinski definition) is 3. The summed E-state index contributed by atoms with van der Waals surface area (Å²) < 4.78 is 5.19. The third-order valence-corrected chi connectivity index (χ3v) is 2.84. The number of nitrogens with two attached hydrogens (primary N) is 1. The van der Waals surface area contributed by atoms with Crippen molar-refractivity contribution < 1.29 is 9.53 Å². The van der Waals surface area contributed by atoms with Gasteiger partial charge in [0.05, 0.1) is 20.2 Å². The zero-order valence-electron chi connectivity index (χ0n) is 11.3. The first-order valence-electron chi connectivity index (χ1n) is 6.26. The minimum absolute atomic E-state index is 0.0144. The number of amides is 1. The quantitative estimate of drug-likeness (QED) is 0.824. The lowest BCUT2D eigenvalue weighted by Gasteiger charge is -2.02. The van der Waals surface area contributed by atoms with Gasteiger partial charge < -0.3 is 15.8 Å². The van der Waals surface area contributed by atoms with E-state index < -0.39 is 0 Å². The topological polar surface area (TPSA) is 64.3 Å². The highest BCUT2D eigenvalue weighted by Gasteiger charge is 1.97. The number of ether oxygens (including phenoxy) is 1. The van der Waals surface area contributed by atoms with Gasteiger partial charge in [-0.1, -0.05) is 24.0 Å². The lowest BCUT2D eigenvalue weighted by molar-refractivity contribution is -0.119. The summed E-state index contributed by atoms with van der Waals surface area (Å²) in [5.74, 6) is 6.53. The van der Waals surface area contributed by atoms with Gasteiger partial charge in [0.2, 0.25) is 5.91 Å². The van der Waals surface area contributed by atoms with Crippen LogP contribution in [-0.4, -0.2) is 26.1 Å². The summed E-state index contributed by atoms with van der Waals surface area (Å²) >= 11 is 0. The predicted molar refractivity (Wildman–Crippen MR) is 79.4 cm³/mol. The molecule has 0 radical (unpaired) electrons. The van der Waals surface area contributed by atoms with Crippen molar-refractivity contribution in [3.05, 3.63) is 42.0 Å². The maximum atomic E-state index is 10.9. The van der Waals surface area contributed by atoms with Crippen LogP contribution in [-0.2, 0) is 4.79 Å². The van der Waals surface area contributed by atoms with Crippen LogP contribution in [0, 0.1) is 11.8 Å². The van der Waals surface area contributed by atoms with Gasteiger partial charge in [0, 0.05) is 5.56 Å². The molecule has 102 valence electrons. The second-order valence-corrected chi connectivity index (χ2v) is 4.21. The standard InChI is InChI=1S/C16H16N2O2/c1-20-15-7-6-13-9-12(4-5-14(13)10-15)3-2-8-18-16(19)11-17/h4-7,9-10H,8,11,17H2,1H3,(H,18,19). The molecule has 20 heavy (non-hydrogen) atoms. The monoisotopic (exact) mass is 268 g/mol. The first-order chi connectivity index (χ1) is 9.72. The molecule has 0 atom stereocenters. The van der Waals surface area contributed by atoms with Gasteiger partial charge in [-0.2, -0.15) is 0 Å². The molecule has 1 amide bonds. The van der Waals surface area contributed by atoms with E-state index in [1.807, 2.05) is 36.4 Å². The largest absolute Gasteiger partial charge is 0.497 e. The SMILES string of the molecule is COc1ccc2cc(C#CCNC(=O)CN)ccc2c1. The predicted octanol–water partition coefficient (Wildman–Crippen LogP) is 1.27. The summed E-state index contributed by atoms with van der Waals surface area (Å²) in [4.78, 5) is 10.9. The van der Waals surface area contributed by atoms with Gasteiger partial charge in [-0.05, 0) is 35.0 Å². The molecule has 0 unspecified atom stereocenters. The van der Waals surface area contributed by atoms with E-state index in [9.17, 15) is 4.79 Å². The Morgan fingerprint density at radius 2 is 2.00 bits per heavy atom. The molecule has 0 saturated heterocycles. The van der Waals surface area contributed by atoms with Gasteiger partial charge in [0.15, 0.2) is 0 Å². The number of benzene rings is 2. The number of hydrogen-bond donors (Lipinski definition) is 2. The Hall–Kier alpha value is -2.51. The zero-order valence-corrected chi connectivity index (χ0v) is 11.3. The number of fused-ring (bicyclic) bond motifs is 1. The summed E-state index contributed by atoms with van der Waals surface area (Å²) in [6, 6.07) is 11.8. The van der Waals surface area contributed by atoms with E-state index in [0.717, 1.165) is 22.1 Å². The average molecular weight is 268 g/mol. The van der Waals surface area contributed by atoms with Gasteiger partial charge in [0.1, 0.15) is 5.75 Å². The van der Waals surface area contributed by atoms with Crippen molar-refractivity contribution in [2.24, 2.45) is 5.73 Å². The van der Waals surface area contributed by atoms with E-state index in [1.54, 1.807) is 7.11 Å². The lowest BCUT2D eigenvalue weighted by atomic mass is 10.1. The first kappa shape index (κ1) is 13.9. The highest BCUT2D eigenvalue weighted by Crippen LogP contribution is 2.21. The second-order valence-electron chi connectivity index (χ2n) is 4.21. The molecule has 0 spiro atoms. The van der Waals surface area contributed by atoms with Gasteiger partial charge in [-0.3, -0.25) is 4.79 Å². The Morgan fingerprint density at radius 3 is 2.75 bits per heavy atom. The van der Waals surface area contributed by atoms with E-state index in [0.29, 0.717) is 6.54 Å². The molecule has 0 saturated carbocycles. The normalized spacial score (nSPS) is 9.70. The molecule has 4 nitrogen and oxygen atoms in total. The van der Waals surface area contributed by atoms with Gasteiger partial charge in [0.25, 0.3) is 0 Å². The summed E-state index contributed by atoms with van der Waals surface area (Å²) in [6.07, 6.45) is 0. The van der Waals surface area contributed by atoms with Gasteiger partial charge >= 0.3 is 0 Å². The first-order valence-corrected chi connectivity index (χ1v) is 6.26. The molecule has 0 fully saturated rings. The van der Waals surface area contributed by atoms with Crippen molar-refractivity contribution in [3.8, 4) is 17.6 Å². The Labute approximate surface area is 117 Å². The van der Waals surface area contributed by atoms with Crippen molar-refractivity contribution in [1.29, 1.82) is 0 Å². The molecule has 0 heterocycles. The minimum atomic E-state index is -0.204. The van der Waals surface area contributed by atoms with E-state index >= 15 is 0 Å². The summed E-state index contributed by atoms with van der Waals surface area (Å²) in [5.41, 5.74) is 6.09. The van der Waals surface area contributed by atoms with Crippen molar-refractivity contribution in [2.75, 3.05) is 20.2 Å². The Balaban J connectivity index is 2.12. The molecule has 2 aromatic carbocycles. The molecular formula is C16H16N2O2. The molecular weight excluding hydrogens is 252 g/mol. The van der Waals surface area contributed by atoms with Crippen LogP contribution in [0.15, 0.2) is 36.4 Å². The number of carbonyl (C=O) groups is 1. The Morgan fingerprint density at radius 1 is 1.25 bits per heavy atom. The van der Waals surface area contributed by atoms with Crippen molar-refractivity contribution in [3.63, 3.8) is 0 Å². The number of carbonyl (C=O) groups excluding carboxylic acids is 1. The van der Waals surface area contributed by atoms with E-state index in [4.69, 9.17) is 10.5 Å². The van der Waals surface area contributed by atoms with Crippen LogP contribution in [0.2, 0.25) is 0 Å². The summed E-state index contributed by atoms with van der Waals surface area (Å²) in [7, 11) is 1.65. The third kappa shape index (κ3) is 3.50. The zero-order chi connectivity index (χ0) is 14.4. The van der Waals surface area contributed by atoms with Crippen LogP contribution in [0.3, 0.4) is 0 Å². The third-order valence-electron chi connectivity index (χ3n) is 2.84. The Kier molecular flexibility index (Phi) is 4.59. The van der Waals surface area contributed by atoms with Gasteiger partial charge in [-0.15, -0.1) is 0 Å². The summed E-state index contributed by atoms with van der Waals surface area (Å²) in [6.45, 7) is 0.288. The van der Waals surface area contributed by atoms with Crippen LogP contribution < -0.4 is 15.8 Å². The van der Waals surface area contributed by atoms with Crippen LogP contribution in [0.4, 0.5) is 0 Å². The van der Waals surface area contributed by atoms with Gasteiger partial charge in [-0.25, -0.2) is 0 Å². The van der Waals surface area contributed by atoms with Crippen LogP contribution >= 0.6 is 0 Å². The molecule has 2 aromatic rings. The lowest BCUT2D eigenvalue weighted by Crippen LogP contribution is -2.30. The van der Waals surface area contributed by atoms with Crippen molar-refractivity contribution in [1.82, 2.24) is 5.32 Å². The number of methoxy groups -OCH3 is 1. The molecule has 2 rings (SSSR count). The minimum Gasteiger partial charge on any atom is -0.497 e. The highest BCUT2D eigenvalue weighted by atomic mass is 16.5. The second kappa shape index (κ2) is 6.60. The van der Waals surface area contributed by atoms with E-state index in [2.05, 4.69) is 17.2 Å². The molecule has 0 bridgehead atoms. The Bertz CT molecular complexity index is 684. The fourth-order valence-corrected chi connectivity index (χ4v) is 1.79. The molecule has 3 N–H and O–H groups in total. The van der Waals surface area contributed by atoms with Crippen molar-refractivity contribution in [2.45, 2.75) is 0 Å². The molecule has 4 heteroatoms. The smallest absolute Gasteiger partial charge is 0.234 e. The maximum absolute atomic E-state index is 10.9. The fourth-order valence-electron chi connectivity index (χ4n) is 1.79. The van der Waals surface area contributed by atoms with Crippen LogP contribution in [0.5, 0.6) is 5.75 Å². The van der Waals surface area contributed by atoms with Crippen LogP contribution in [0.25, 0.3) is 10.8 Å².